The van der Waals surface area contributed by atoms with Crippen molar-refractivity contribution < 1.29 is 0 Å². The van der Waals surface area contributed by atoms with Crippen LogP contribution in [0.2, 0.25) is 5.02 Å². The van der Waals surface area contributed by atoms with Gasteiger partial charge in [0.05, 0.1) is 23.5 Å². The molecule has 108 valence electrons. The average molecular weight is 285 g/mol. The molecule has 0 aliphatic heterocycles. The molecule has 2 rings (SSSR count). The first-order valence-electron chi connectivity index (χ1n) is 7.17. The number of nitrogens with zero attached hydrogens (tertiary/aromatic N) is 3. The number of aromatic nitrogens is 2. The summed E-state index contributed by atoms with van der Waals surface area (Å²) in [6.07, 6.45) is 5.58. The van der Waals surface area contributed by atoms with Crippen molar-refractivity contribution in [2.24, 2.45) is 0 Å². The SMILES string of the molecule is CC(CCNC1CC1)c1c(Cl)cnn1CCN(C)C. The van der Waals surface area contributed by atoms with Crippen molar-refractivity contribution in [3.8, 4) is 0 Å². The number of halogens is 1. The average Bonchev–Trinajstić information content (AvgIpc) is 3.09. The van der Waals surface area contributed by atoms with E-state index in [1.165, 1.54) is 18.5 Å². The second-order valence-electron chi connectivity index (χ2n) is 5.82. The summed E-state index contributed by atoms with van der Waals surface area (Å²) in [5, 5.41) is 8.76. The normalized spacial score (nSPS) is 17.1. The minimum Gasteiger partial charge on any atom is -0.314 e. The molecule has 0 bridgehead atoms. The van der Waals surface area contributed by atoms with E-state index >= 15 is 0 Å². The Morgan fingerprint density at radius 2 is 2.26 bits per heavy atom. The first-order valence-corrected chi connectivity index (χ1v) is 7.55. The van der Waals surface area contributed by atoms with Gasteiger partial charge in [-0.2, -0.15) is 5.10 Å². The van der Waals surface area contributed by atoms with Crippen LogP contribution in [0.5, 0.6) is 0 Å². The molecule has 1 aromatic rings. The molecule has 1 unspecified atom stereocenters. The summed E-state index contributed by atoms with van der Waals surface area (Å²) in [7, 11) is 4.15. The second-order valence-corrected chi connectivity index (χ2v) is 6.23. The molecule has 0 saturated heterocycles. The molecule has 19 heavy (non-hydrogen) atoms. The lowest BCUT2D eigenvalue weighted by Crippen LogP contribution is -2.22. The molecule has 1 aliphatic carbocycles. The Hall–Kier alpha value is -0.580. The summed E-state index contributed by atoms with van der Waals surface area (Å²) in [4.78, 5) is 2.17. The van der Waals surface area contributed by atoms with E-state index in [9.17, 15) is 0 Å². The summed E-state index contributed by atoms with van der Waals surface area (Å²) in [5.74, 6) is 0.448. The fraction of sp³-hybridized carbons (Fsp3) is 0.786. The van der Waals surface area contributed by atoms with Crippen LogP contribution in [-0.4, -0.2) is 47.9 Å². The molecule has 1 N–H and O–H groups in total. The summed E-state index contributed by atoms with van der Waals surface area (Å²) in [5.41, 5.74) is 1.18. The maximum Gasteiger partial charge on any atom is 0.0820 e. The van der Waals surface area contributed by atoms with Crippen LogP contribution in [0.1, 0.15) is 37.8 Å². The van der Waals surface area contributed by atoms with Gasteiger partial charge >= 0.3 is 0 Å². The van der Waals surface area contributed by atoms with E-state index in [1.807, 2.05) is 0 Å². The van der Waals surface area contributed by atoms with E-state index in [4.69, 9.17) is 11.6 Å². The molecule has 1 heterocycles. The van der Waals surface area contributed by atoms with Crippen LogP contribution in [0.3, 0.4) is 0 Å². The zero-order valence-corrected chi connectivity index (χ0v) is 13.0. The van der Waals surface area contributed by atoms with Crippen LogP contribution in [0.4, 0.5) is 0 Å². The smallest absolute Gasteiger partial charge is 0.0820 e. The van der Waals surface area contributed by atoms with E-state index in [1.54, 1.807) is 6.20 Å². The van der Waals surface area contributed by atoms with Gasteiger partial charge in [-0.25, -0.2) is 0 Å². The minimum atomic E-state index is 0.448. The Morgan fingerprint density at radius 3 is 2.89 bits per heavy atom. The first-order chi connectivity index (χ1) is 9.08. The molecule has 1 saturated carbocycles. The van der Waals surface area contributed by atoms with Crippen molar-refractivity contribution in [1.29, 1.82) is 0 Å². The number of nitrogens with one attached hydrogen (secondary N) is 1. The van der Waals surface area contributed by atoms with Crippen LogP contribution in [0, 0.1) is 0 Å². The highest BCUT2D eigenvalue weighted by atomic mass is 35.5. The monoisotopic (exact) mass is 284 g/mol. The van der Waals surface area contributed by atoms with Gasteiger partial charge in [0.1, 0.15) is 0 Å². The third-order valence-electron chi connectivity index (χ3n) is 3.65. The van der Waals surface area contributed by atoms with E-state index in [-0.39, 0.29) is 0 Å². The van der Waals surface area contributed by atoms with Crippen molar-refractivity contribution in [1.82, 2.24) is 20.0 Å². The number of likely N-dealkylation sites (N-methyl/N-ethyl adjacent to an activating group) is 1. The molecule has 0 amide bonds. The molecule has 1 fully saturated rings. The Morgan fingerprint density at radius 1 is 1.53 bits per heavy atom. The predicted molar refractivity (Wildman–Crippen MR) is 79.8 cm³/mol. The topological polar surface area (TPSA) is 33.1 Å². The van der Waals surface area contributed by atoms with Crippen LogP contribution < -0.4 is 5.32 Å². The van der Waals surface area contributed by atoms with Crippen molar-refractivity contribution in [2.75, 3.05) is 27.2 Å². The Kier molecular flexibility index (Phi) is 5.25. The lowest BCUT2D eigenvalue weighted by Gasteiger charge is -2.17. The molecule has 1 aromatic heterocycles. The van der Waals surface area contributed by atoms with Gasteiger partial charge in [-0.05, 0) is 39.9 Å². The summed E-state index contributed by atoms with van der Waals surface area (Å²) < 4.78 is 2.06. The predicted octanol–water partition coefficient (Wildman–Crippen LogP) is 2.34. The van der Waals surface area contributed by atoms with Gasteiger partial charge in [0.2, 0.25) is 0 Å². The minimum absolute atomic E-state index is 0.448. The quantitative estimate of drug-likeness (QED) is 0.795. The summed E-state index contributed by atoms with van der Waals surface area (Å²) >= 11 is 6.29. The molecule has 5 heteroatoms. The fourth-order valence-corrected chi connectivity index (χ4v) is 2.59. The van der Waals surface area contributed by atoms with Gasteiger partial charge in [0, 0.05) is 18.5 Å². The first kappa shape index (κ1) is 14.8. The molecular formula is C14H25ClN4. The Bertz CT molecular complexity index is 398. The lowest BCUT2D eigenvalue weighted by molar-refractivity contribution is 0.366. The molecule has 1 atom stereocenters. The standard InChI is InChI=1S/C14H25ClN4/c1-11(6-7-16-12-4-5-12)14-13(15)10-17-19(14)9-8-18(2)3/h10-12,16H,4-9H2,1-3H3. The highest BCUT2D eigenvalue weighted by molar-refractivity contribution is 6.31. The largest absolute Gasteiger partial charge is 0.314 e. The lowest BCUT2D eigenvalue weighted by atomic mass is 10.0. The molecule has 4 nitrogen and oxygen atoms in total. The molecule has 0 aromatic carbocycles. The van der Waals surface area contributed by atoms with Crippen LogP contribution in [-0.2, 0) is 6.54 Å². The van der Waals surface area contributed by atoms with Crippen molar-refractivity contribution in [3.63, 3.8) is 0 Å². The fourth-order valence-electron chi connectivity index (χ4n) is 2.26. The van der Waals surface area contributed by atoms with Gasteiger partial charge in [-0.1, -0.05) is 18.5 Å². The summed E-state index contributed by atoms with van der Waals surface area (Å²) in [6, 6.07) is 0.779. The van der Waals surface area contributed by atoms with Gasteiger partial charge in [-0.3, -0.25) is 4.68 Å². The number of hydrogen-bond acceptors (Lipinski definition) is 3. The molecular weight excluding hydrogens is 260 g/mol. The highest BCUT2D eigenvalue weighted by Gasteiger charge is 2.21. The zero-order chi connectivity index (χ0) is 13.8. The van der Waals surface area contributed by atoms with Crippen LogP contribution in [0.15, 0.2) is 6.20 Å². The number of hydrogen-bond donors (Lipinski definition) is 1. The zero-order valence-electron chi connectivity index (χ0n) is 12.2. The van der Waals surface area contributed by atoms with Crippen molar-refractivity contribution in [2.45, 2.75) is 44.7 Å². The molecule has 0 spiro atoms. The van der Waals surface area contributed by atoms with Gasteiger partial charge < -0.3 is 10.2 Å². The Balaban J connectivity index is 1.89. The maximum atomic E-state index is 6.29. The van der Waals surface area contributed by atoms with E-state index < -0.39 is 0 Å². The van der Waals surface area contributed by atoms with Gasteiger partial charge in [0.15, 0.2) is 0 Å². The van der Waals surface area contributed by atoms with E-state index in [2.05, 4.69) is 41.0 Å². The maximum absolute atomic E-state index is 6.29. The number of rotatable bonds is 8. The van der Waals surface area contributed by atoms with E-state index in [0.29, 0.717) is 5.92 Å². The molecule has 1 aliphatic rings. The third-order valence-corrected chi connectivity index (χ3v) is 3.94. The van der Waals surface area contributed by atoms with Crippen molar-refractivity contribution >= 4 is 11.6 Å². The van der Waals surface area contributed by atoms with E-state index in [0.717, 1.165) is 37.1 Å². The Labute approximate surface area is 121 Å². The third kappa shape index (κ3) is 4.48. The second kappa shape index (κ2) is 6.73. The summed E-state index contributed by atoms with van der Waals surface area (Å²) in [6.45, 7) is 5.19. The highest BCUT2D eigenvalue weighted by Crippen LogP contribution is 2.27. The van der Waals surface area contributed by atoms with Crippen LogP contribution in [0.25, 0.3) is 0 Å². The van der Waals surface area contributed by atoms with Gasteiger partial charge in [-0.15, -0.1) is 0 Å². The van der Waals surface area contributed by atoms with Crippen LogP contribution >= 0.6 is 11.6 Å². The molecule has 0 radical (unpaired) electrons. The van der Waals surface area contributed by atoms with Crippen molar-refractivity contribution in [3.05, 3.63) is 16.9 Å². The van der Waals surface area contributed by atoms with Gasteiger partial charge in [0.25, 0.3) is 0 Å².